The van der Waals surface area contributed by atoms with Crippen molar-refractivity contribution in [2.24, 2.45) is 5.92 Å². The summed E-state index contributed by atoms with van der Waals surface area (Å²) in [5.74, 6) is 1.78. The molecule has 1 aliphatic rings. The average molecular weight is 325 g/mol. The molecule has 1 aliphatic carbocycles. The van der Waals surface area contributed by atoms with Crippen molar-refractivity contribution in [2.75, 3.05) is 5.32 Å². The number of hydrogen-bond donors (Lipinski definition) is 1. The van der Waals surface area contributed by atoms with Crippen LogP contribution in [-0.2, 0) is 0 Å². The van der Waals surface area contributed by atoms with Gasteiger partial charge in [0.25, 0.3) is 5.78 Å². The summed E-state index contributed by atoms with van der Waals surface area (Å²) in [5, 5.41) is 7.89. The molecule has 0 radical (unpaired) electrons. The van der Waals surface area contributed by atoms with Crippen LogP contribution in [0.1, 0.15) is 43.0 Å². The van der Waals surface area contributed by atoms with Crippen molar-refractivity contribution in [3.63, 3.8) is 0 Å². The van der Waals surface area contributed by atoms with Crippen LogP contribution in [0.15, 0.2) is 36.7 Å². The molecule has 2 heterocycles. The maximum atomic E-state index is 13.3. The lowest BCUT2D eigenvalue weighted by molar-refractivity contribution is 0.467. The number of nitrogens with one attached hydrogen (secondary N) is 1. The maximum absolute atomic E-state index is 13.3. The van der Waals surface area contributed by atoms with Crippen molar-refractivity contribution in [3.05, 3.63) is 53.7 Å². The van der Waals surface area contributed by atoms with Gasteiger partial charge in [-0.05, 0) is 43.4 Å². The first-order chi connectivity index (χ1) is 11.7. The van der Waals surface area contributed by atoms with Gasteiger partial charge in [0.2, 0.25) is 0 Å². The van der Waals surface area contributed by atoms with E-state index in [1.807, 2.05) is 25.1 Å². The maximum Gasteiger partial charge on any atom is 0.254 e. The van der Waals surface area contributed by atoms with Gasteiger partial charge in [-0.15, -0.1) is 0 Å². The number of halogens is 1. The molecule has 0 spiro atoms. The van der Waals surface area contributed by atoms with Crippen LogP contribution >= 0.6 is 0 Å². The minimum absolute atomic E-state index is 0.127. The third-order valence-corrected chi connectivity index (χ3v) is 4.78. The highest BCUT2D eigenvalue weighted by molar-refractivity contribution is 5.47. The standard InChI is InChI=1S/C18H20FN5/c1-12-10-16(24-18(22-12)20-11-21-24)23-17(13-4-2-3-5-13)14-6-8-15(19)9-7-14/h6-11,13,17,23H,2-5H2,1H3. The second-order valence-corrected chi connectivity index (χ2v) is 6.47. The Bertz CT molecular complexity index is 836. The molecule has 0 saturated heterocycles. The van der Waals surface area contributed by atoms with Crippen LogP contribution in [0.5, 0.6) is 0 Å². The van der Waals surface area contributed by atoms with E-state index in [9.17, 15) is 4.39 Å². The average Bonchev–Trinajstić information content (AvgIpc) is 3.24. The zero-order valence-corrected chi connectivity index (χ0v) is 13.6. The van der Waals surface area contributed by atoms with Gasteiger partial charge in [-0.2, -0.15) is 14.6 Å². The summed E-state index contributed by atoms with van der Waals surface area (Å²) < 4.78 is 15.0. The number of benzene rings is 1. The molecule has 5 nitrogen and oxygen atoms in total. The van der Waals surface area contributed by atoms with Gasteiger partial charge in [0.05, 0.1) is 6.04 Å². The number of nitrogens with zero attached hydrogens (tertiary/aromatic N) is 4. The molecule has 1 atom stereocenters. The minimum atomic E-state index is -0.206. The van der Waals surface area contributed by atoms with Gasteiger partial charge in [-0.1, -0.05) is 25.0 Å². The van der Waals surface area contributed by atoms with Gasteiger partial charge in [-0.25, -0.2) is 9.37 Å². The highest BCUT2D eigenvalue weighted by Crippen LogP contribution is 2.38. The molecule has 24 heavy (non-hydrogen) atoms. The Morgan fingerprint density at radius 1 is 1.21 bits per heavy atom. The monoisotopic (exact) mass is 325 g/mol. The fourth-order valence-corrected chi connectivity index (χ4v) is 3.63. The quantitative estimate of drug-likeness (QED) is 0.790. The Morgan fingerprint density at radius 2 is 1.96 bits per heavy atom. The predicted octanol–water partition coefficient (Wildman–Crippen LogP) is 3.92. The fourth-order valence-electron chi connectivity index (χ4n) is 3.63. The van der Waals surface area contributed by atoms with Gasteiger partial charge in [0, 0.05) is 11.8 Å². The lowest BCUT2D eigenvalue weighted by Crippen LogP contribution is -2.21. The van der Waals surface area contributed by atoms with Crippen molar-refractivity contribution in [1.29, 1.82) is 0 Å². The van der Waals surface area contributed by atoms with Crippen LogP contribution in [0.3, 0.4) is 0 Å². The van der Waals surface area contributed by atoms with E-state index in [4.69, 9.17) is 0 Å². The fraction of sp³-hybridized carbons (Fsp3) is 0.389. The Labute approximate surface area is 139 Å². The SMILES string of the molecule is Cc1cc(NC(c2ccc(F)cc2)C2CCCC2)n2ncnc2n1. The molecule has 0 amide bonds. The minimum Gasteiger partial charge on any atom is -0.363 e. The van der Waals surface area contributed by atoms with Crippen molar-refractivity contribution in [2.45, 2.75) is 38.6 Å². The molecule has 1 unspecified atom stereocenters. The van der Waals surface area contributed by atoms with E-state index < -0.39 is 0 Å². The first-order valence-electron chi connectivity index (χ1n) is 8.40. The molecule has 1 aromatic carbocycles. The van der Waals surface area contributed by atoms with Gasteiger partial charge < -0.3 is 5.32 Å². The van der Waals surface area contributed by atoms with Crippen molar-refractivity contribution < 1.29 is 4.39 Å². The summed E-state index contributed by atoms with van der Waals surface area (Å²) in [6.45, 7) is 1.95. The number of aryl methyl sites for hydroxylation is 1. The normalized spacial score (nSPS) is 16.6. The van der Waals surface area contributed by atoms with Crippen LogP contribution in [0.25, 0.3) is 5.78 Å². The Balaban J connectivity index is 1.73. The molecule has 3 aromatic rings. The van der Waals surface area contributed by atoms with E-state index in [0.29, 0.717) is 11.7 Å². The van der Waals surface area contributed by atoms with Gasteiger partial charge in [0.15, 0.2) is 0 Å². The highest BCUT2D eigenvalue weighted by atomic mass is 19.1. The van der Waals surface area contributed by atoms with Gasteiger partial charge >= 0.3 is 0 Å². The van der Waals surface area contributed by atoms with Crippen LogP contribution in [0.4, 0.5) is 10.2 Å². The first-order valence-corrected chi connectivity index (χ1v) is 8.40. The number of hydrogen-bond acceptors (Lipinski definition) is 4. The molecule has 6 heteroatoms. The lowest BCUT2D eigenvalue weighted by Gasteiger charge is -2.26. The van der Waals surface area contributed by atoms with Crippen LogP contribution in [0.2, 0.25) is 0 Å². The molecular formula is C18H20FN5. The van der Waals surface area contributed by atoms with E-state index in [2.05, 4.69) is 20.4 Å². The van der Waals surface area contributed by atoms with E-state index >= 15 is 0 Å². The third-order valence-electron chi connectivity index (χ3n) is 4.78. The highest BCUT2D eigenvalue weighted by Gasteiger charge is 2.27. The Hall–Kier alpha value is -2.50. The van der Waals surface area contributed by atoms with Crippen LogP contribution < -0.4 is 5.32 Å². The number of fused-ring (bicyclic) bond motifs is 1. The van der Waals surface area contributed by atoms with Crippen molar-refractivity contribution >= 4 is 11.6 Å². The number of anilines is 1. The molecule has 0 aliphatic heterocycles. The molecule has 4 rings (SSSR count). The molecule has 1 fully saturated rings. The van der Waals surface area contributed by atoms with Gasteiger partial charge in [0.1, 0.15) is 18.0 Å². The third kappa shape index (κ3) is 2.84. The summed E-state index contributed by atoms with van der Waals surface area (Å²) in [6.07, 6.45) is 6.37. The smallest absolute Gasteiger partial charge is 0.254 e. The number of aromatic nitrogens is 4. The largest absolute Gasteiger partial charge is 0.363 e. The molecule has 124 valence electrons. The molecule has 2 aromatic heterocycles. The first kappa shape index (κ1) is 15.1. The Morgan fingerprint density at radius 3 is 2.71 bits per heavy atom. The predicted molar refractivity (Wildman–Crippen MR) is 90.2 cm³/mol. The second kappa shape index (κ2) is 6.19. The summed E-state index contributed by atoms with van der Waals surface area (Å²) in [7, 11) is 0. The second-order valence-electron chi connectivity index (χ2n) is 6.47. The van der Waals surface area contributed by atoms with Crippen LogP contribution in [-0.4, -0.2) is 19.6 Å². The molecule has 1 N–H and O–H groups in total. The van der Waals surface area contributed by atoms with Crippen molar-refractivity contribution in [3.8, 4) is 0 Å². The van der Waals surface area contributed by atoms with E-state index in [1.54, 1.807) is 4.52 Å². The topological polar surface area (TPSA) is 55.1 Å². The van der Waals surface area contributed by atoms with E-state index in [-0.39, 0.29) is 11.9 Å². The van der Waals surface area contributed by atoms with Gasteiger partial charge in [-0.3, -0.25) is 0 Å². The lowest BCUT2D eigenvalue weighted by atomic mass is 9.91. The zero-order valence-electron chi connectivity index (χ0n) is 13.6. The van der Waals surface area contributed by atoms with E-state index in [1.165, 1.54) is 44.1 Å². The van der Waals surface area contributed by atoms with Crippen molar-refractivity contribution in [1.82, 2.24) is 19.6 Å². The van der Waals surface area contributed by atoms with E-state index in [0.717, 1.165) is 17.1 Å². The summed E-state index contributed by atoms with van der Waals surface area (Å²) in [5.41, 5.74) is 1.99. The number of rotatable bonds is 4. The summed E-state index contributed by atoms with van der Waals surface area (Å²) in [6, 6.07) is 8.91. The summed E-state index contributed by atoms with van der Waals surface area (Å²) >= 11 is 0. The zero-order chi connectivity index (χ0) is 16.5. The molecular weight excluding hydrogens is 305 g/mol. The van der Waals surface area contributed by atoms with Crippen LogP contribution in [0, 0.1) is 18.7 Å². The molecule has 1 saturated carbocycles. The Kier molecular flexibility index (Phi) is 3.88. The molecule has 0 bridgehead atoms. The summed E-state index contributed by atoms with van der Waals surface area (Å²) in [4.78, 5) is 8.57.